The fourth-order valence-corrected chi connectivity index (χ4v) is 3.32. The number of rotatable bonds is 5. The number of hydrogen-bond acceptors (Lipinski definition) is 4. The summed E-state index contributed by atoms with van der Waals surface area (Å²) >= 11 is 1.42. The standard InChI is InChI=1S/C14H18N2O4S/c17-7-6-15(8-11-4-2-1-3-5-11)14(20)16-10-21-9-12(16)13(18)19/h1-5,12,17H,6-10H2,(H,18,19). The maximum absolute atomic E-state index is 12.5. The Labute approximate surface area is 127 Å². The van der Waals surface area contributed by atoms with Gasteiger partial charge in [-0.25, -0.2) is 9.59 Å². The molecule has 21 heavy (non-hydrogen) atoms. The van der Waals surface area contributed by atoms with Crippen molar-refractivity contribution in [1.29, 1.82) is 0 Å². The van der Waals surface area contributed by atoms with Gasteiger partial charge >= 0.3 is 12.0 Å². The zero-order valence-corrected chi connectivity index (χ0v) is 12.3. The van der Waals surface area contributed by atoms with Crippen molar-refractivity contribution in [3.63, 3.8) is 0 Å². The molecule has 2 N–H and O–H groups in total. The highest BCUT2D eigenvalue weighted by atomic mass is 32.2. The molecule has 114 valence electrons. The summed E-state index contributed by atoms with van der Waals surface area (Å²) in [4.78, 5) is 26.5. The van der Waals surface area contributed by atoms with Gasteiger partial charge in [-0.3, -0.25) is 0 Å². The highest BCUT2D eigenvalue weighted by Gasteiger charge is 2.36. The van der Waals surface area contributed by atoms with Gasteiger partial charge in [-0.15, -0.1) is 11.8 Å². The summed E-state index contributed by atoms with van der Waals surface area (Å²) in [6.07, 6.45) is 0. The first-order valence-corrected chi connectivity index (χ1v) is 7.80. The molecule has 0 aromatic heterocycles. The zero-order valence-electron chi connectivity index (χ0n) is 11.5. The Morgan fingerprint density at radius 2 is 2.05 bits per heavy atom. The average Bonchev–Trinajstić information content (AvgIpc) is 2.97. The number of benzene rings is 1. The molecule has 1 unspecified atom stereocenters. The molecule has 2 rings (SSSR count). The number of thioether (sulfide) groups is 1. The van der Waals surface area contributed by atoms with Gasteiger partial charge < -0.3 is 20.0 Å². The first-order chi connectivity index (χ1) is 10.1. The van der Waals surface area contributed by atoms with Crippen LogP contribution in [-0.2, 0) is 11.3 Å². The molecule has 0 spiro atoms. The highest BCUT2D eigenvalue weighted by molar-refractivity contribution is 7.99. The first kappa shape index (κ1) is 15.7. The van der Waals surface area contributed by atoms with E-state index in [1.807, 2.05) is 30.3 Å². The van der Waals surface area contributed by atoms with Crippen LogP contribution in [0, 0.1) is 0 Å². The van der Waals surface area contributed by atoms with E-state index < -0.39 is 12.0 Å². The van der Waals surface area contributed by atoms with Crippen LogP contribution in [0.2, 0.25) is 0 Å². The number of nitrogens with zero attached hydrogens (tertiary/aromatic N) is 2. The second-order valence-electron chi connectivity index (χ2n) is 4.74. The van der Waals surface area contributed by atoms with E-state index in [9.17, 15) is 9.59 Å². The van der Waals surface area contributed by atoms with E-state index in [-0.39, 0.29) is 19.2 Å². The molecular formula is C14H18N2O4S. The van der Waals surface area contributed by atoms with Gasteiger partial charge in [-0.1, -0.05) is 30.3 Å². The third-order valence-electron chi connectivity index (χ3n) is 3.27. The van der Waals surface area contributed by atoms with E-state index in [4.69, 9.17) is 10.2 Å². The fraction of sp³-hybridized carbons (Fsp3) is 0.429. The highest BCUT2D eigenvalue weighted by Crippen LogP contribution is 2.23. The summed E-state index contributed by atoms with van der Waals surface area (Å²) in [5.74, 6) is -0.219. The van der Waals surface area contributed by atoms with E-state index >= 15 is 0 Å². The summed E-state index contributed by atoms with van der Waals surface area (Å²) in [7, 11) is 0. The molecule has 2 amide bonds. The molecular weight excluding hydrogens is 292 g/mol. The van der Waals surface area contributed by atoms with Gasteiger partial charge in [0.1, 0.15) is 6.04 Å². The third kappa shape index (κ3) is 3.89. The summed E-state index contributed by atoms with van der Waals surface area (Å²) in [5.41, 5.74) is 0.943. The second-order valence-corrected chi connectivity index (χ2v) is 5.74. The number of hydrogen-bond donors (Lipinski definition) is 2. The Bertz CT molecular complexity index is 497. The lowest BCUT2D eigenvalue weighted by molar-refractivity contribution is -0.140. The van der Waals surface area contributed by atoms with Crippen molar-refractivity contribution in [3.8, 4) is 0 Å². The van der Waals surface area contributed by atoms with Gasteiger partial charge in [-0.2, -0.15) is 0 Å². The second kappa shape index (κ2) is 7.33. The predicted molar refractivity (Wildman–Crippen MR) is 79.9 cm³/mol. The number of aliphatic hydroxyl groups is 1. The maximum Gasteiger partial charge on any atom is 0.327 e. The average molecular weight is 310 g/mol. The summed E-state index contributed by atoms with van der Waals surface area (Å²) in [6, 6.07) is 8.30. The number of carboxylic acid groups (broad SMARTS) is 1. The smallest absolute Gasteiger partial charge is 0.327 e. The van der Waals surface area contributed by atoms with Crippen molar-refractivity contribution in [2.75, 3.05) is 24.8 Å². The van der Waals surface area contributed by atoms with Crippen LogP contribution in [0.1, 0.15) is 5.56 Å². The Morgan fingerprint density at radius 1 is 1.33 bits per heavy atom. The molecule has 0 aliphatic carbocycles. The van der Waals surface area contributed by atoms with Gasteiger partial charge in [-0.05, 0) is 5.56 Å². The molecule has 6 nitrogen and oxygen atoms in total. The van der Waals surface area contributed by atoms with Gasteiger partial charge in [0.25, 0.3) is 0 Å². The number of aliphatic hydroxyl groups excluding tert-OH is 1. The van der Waals surface area contributed by atoms with E-state index in [1.165, 1.54) is 21.6 Å². The van der Waals surface area contributed by atoms with Gasteiger partial charge in [0.2, 0.25) is 0 Å². The molecule has 0 saturated carbocycles. The minimum Gasteiger partial charge on any atom is -0.480 e. The SMILES string of the molecule is O=C(O)C1CSCN1C(=O)N(CCO)Cc1ccccc1. The van der Waals surface area contributed by atoms with E-state index in [0.717, 1.165) is 5.56 Å². The van der Waals surface area contributed by atoms with Crippen LogP contribution >= 0.6 is 11.8 Å². The topological polar surface area (TPSA) is 81.1 Å². The molecule has 0 radical (unpaired) electrons. The van der Waals surface area contributed by atoms with Crippen LogP contribution in [0.3, 0.4) is 0 Å². The van der Waals surface area contributed by atoms with Crippen LogP contribution in [0.15, 0.2) is 30.3 Å². The molecule has 0 bridgehead atoms. The van der Waals surface area contributed by atoms with E-state index in [0.29, 0.717) is 18.2 Å². The number of carbonyl (C=O) groups excluding carboxylic acids is 1. The summed E-state index contributed by atoms with van der Waals surface area (Å²) in [5, 5.41) is 18.3. The van der Waals surface area contributed by atoms with Gasteiger partial charge in [0.15, 0.2) is 0 Å². The zero-order chi connectivity index (χ0) is 15.2. The van der Waals surface area contributed by atoms with Crippen molar-refractivity contribution in [3.05, 3.63) is 35.9 Å². The molecule has 1 aromatic carbocycles. The molecule has 1 aliphatic heterocycles. The Kier molecular flexibility index (Phi) is 5.46. The molecule has 1 aliphatic rings. The molecule has 1 heterocycles. The van der Waals surface area contributed by atoms with Crippen LogP contribution < -0.4 is 0 Å². The lowest BCUT2D eigenvalue weighted by Gasteiger charge is -2.29. The van der Waals surface area contributed by atoms with Gasteiger partial charge in [0, 0.05) is 18.8 Å². The quantitative estimate of drug-likeness (QED) is 0.850. The minimum absolute atomic E-state index is 0.155. The van der Waals surface area contributed by atoms with Crippen molar-refractivity contribution >= 4 is 23.8 Å². The number of carboxylic acids is 1. The largest absolute Gasteiger partial charge is 0.480 e. The van der Waals surface area contributed by atoms with Crippen molar-refractivity contribution in [1.82, 2.24) is 9.80 Å². The van der Waals surface area contributed by atoms with Crippen molar-refractivity contribution in [2.24, 2.45) is 0 Å². The van der Waals surface area contributed by atoms with Gasteiger partial charge in [0.05, 0.1) is 12.5 Å². The lowest BCUT2D eigenvalue weighted by Crippen LogP contribution is -2.49. The third-order valence-corrected chi connectivity index (χ3v) is 4.28. The van der Waals surface area contributed by atoms with Crippen molar-refractivity contribution in [2.45, 2.75) is 12.6 Å². The number of aliphatic carboxylic acids is 1. The predicted octanol–water partition coefficient (Wildman–Crippen LogP) is 1.06. The molecule has 1 aromatic rings. The Morgan fingerprint density at radius 3 is 2.67 bits per heavy atom. The molecule has 7 heteroatoms. The minimum atomic E-state index is -0.989. The normalized spacial score (nSPS) is 17.8. The maximum atomic E-state index is 12.5. The Hall–Kier alpha value is -1.73. The first-order valence-electron chi connectivity index (χ1n) is 6.64. The number of carbonyl (C=O) groups is 2. The number of amides is 2. The molecule has 1 saturated heterocycles. The molecule has 1 atom stereocenters. The molecule has 1 fully saturated rings. The van der Waals surface area contributed by atoms with Crippen LogP contribution in [0.25, 0.3) is 0 Å². The Balaban J connectivity index is 2.10. The lowest BCUT2D eigenvalue weighted by atomic mass is 10.2. The van der Waals surface area contributed by atoms with E-state index in [1.54, 1.807) is 0 Å². The monoisotopic (exact) mass is 310 g/mol. The fourth-order valence-electron chi connectivity index (χ4n) is 2.18. The van der Waals surface area contributed by atoms with Crippen molar-refractivity contribution < 1.29 is 19.8 Å². The summed E-state index contributed by atoms with van der Waals surface area (Å²) < 4.78 is 0. The van der Waals surface area contributed by atoms with E-state index in [2.05, 4.69) is 0 Å². The summed E-state index contributed by atoms with van der Waals surface area (Å²) in [6.45, 7) is 0.381. The van der Waals surface area contributed by atoms with Crippen LogP contribution in [0.5, 0.6) is 0 Å². The number of urea groups is 1. The van der Waals surface area contributed by atoms with Crippen LogP contribution in [-0.4, -0.2) is 62.8 Å². The van der Waals surface area contributed by atoms with Crippen LogP contribution in [0.4, 0.5) is 4.79 Å².